The number of aromatic nitrogens is 4. The fraction of sp³-hybridized carbons (Fsp3) is 0.304. The van der Waals surface area contributed by atoms with E-state index in [9.17, 15) is 4.79 Å². The molecule has 0 spiro atoms. The maximum absolute atomic E-state index is 12.6. The van der Waals surface area contributed by atoms with Gasteiger partial charge >= 0.3 is 0 Å². The molecule has 0 unspecified atom stereocenters. The Morgan fingerprint density at radius 3 is 2.52 bits per heavy atom. The first-order valence-corrected chi connectivity index (χ1v) is 13.6. The average Bonchev–Trinajstić information content (AvgIpc) is 3.51. The molecule has 0 saturated carbocycles. The standard InChI is InChI=1S/C23H24ClN5OS3/c1-13(2)19-9-16(10-31-19)21-27-28-23(29(21)14(3)4)33-12-20(30)26-22-25-18(11-32-22)15-5-7-17(24)8-6-15/h5-11,13-14H,12H2,1-4H3,(H,25,26,30). The van der Waals surface area contributed by atoms with Gasteiger partial charge < -0.3 is 5.32 Å². The molecule has 1 N–H and O–H groups in total. The molecule has 0 bridgehead atoms. The summed E-state index contributed by atoms with van der Waals surface area (Å²) in [6.07, 6.45) is 0. The lowest BCUT2D eigenvalue weighted by molar-refractivity contribution is -0.113. The maximum atomic E-state index is 12.6. The van der Waals surface area contributed by atoms with Crippen LogP contribution >= 0.6 is 46.0 Å². The largest absolute Gasteiger partial charge is 0.301 e. The van der Waals surface area contributed by atoms with Crippen molar-refractivity contribution in [1.29, 1.82) is 0 Å². The summed E-state index contributed by atoms with van der Waals surface area (Å²) in [5, 5.41) is 17.7. The van der Waals surface area contributed by atoms with Crippen molar-refractivity contribution in [1.82, 2.24) is 19.7 Å². The Labute approximate surface area is 210 Å². The van der Waals surface area contributed by atoms with Crippen molar-refractivity contribution in [3.05, 3.63) is 51.0 Å². The molecule has 0 fully saturated rings. The number of nitrogens with zero attached hydrogens (tertiary/aromatic N) is 4. The Bertz CT molecular complexity index is 1240. The van der Waals surface area contributed by atoms with Crippen molar-refractivity contribution < 1.29 is 4.79 Å². The minimum absolute atomic E-state index is 0.130. The molecule has 0 aliphatic carbocycles. The SMILES string of the molecule is CC(C)c1cc(-c2nnc(SCC(=O)Nc3nc(-c4ccc(Cl)cc4)cs3)n2C(C)C)cs1. The normalized spacial score (nSPS) is 11.5. The van der Waals surface area contributed by atoms with Gasteiger partial charge in [-0.05, 0) is 38.0 Å². The number of hydrogen-bond acceptors (Lipinski definition) is 7. The number of thioether (sulfide) groups is 1. The molecule has 3 heterocycles. The third-order valence-electron chi connectivity index (χ3n) is 4.85. The summed E-state index contributed by atoms with van der Waals surface area (Å²) in [6.45, 7) is 8.56. The van der Waals surface area contributed by atoms with Gasteiger partial charge in [-0.15, -0.1) is 32.9 Å². The number of hydrogen-bond donors (Lipinski definition) is 1. The fourth-order valence-electron chi connectivity index (χ4n) is 3.18. The second-order valence-electron chi connectivity index (χ2n) is 8.04. The summed E-state index contributed by atoms with van der Waals surface area (Å²) in [7, 11) is 0. The van der Waals surface area contributed by atoms with Crippen LogP contribution in [-0.4, -0.2) is 31.4 Å². The highest BCUT2D eigenvalue weighted by atomic mass is 35.5. The van der Waals surface area contributed by atoms with Gasteiger partial charge in [-0.1, -0.05) is 49.3 Å². The number of nitrogens with one attached hydrogen (secondary N) is 1. The van der Waals surface area contributed by atoms with Gasteiger partial charge in [-0.25, -0.2) is 4.98 Å². The molecule has 6 nitrogen and oxygen atoms in total. The van der Waals surface area contributed by atoms with Crippen molar-refractivity contribution in [3.8, 4) is 22.6 Å². The minimum atomic E-state index is -0.130. The molecule has 10 heteroatoms. The number of benzene rings is 1. The van der Waals surface area contributed by atoms with Crippen LogP contribution in [0.1, 0.15) is 44.5 Å². The molecule has 33 heavy (non-hydrogen) atoms. The first-order chi connectivity index (χ1) is 15.8. The third-order valence-corrected chi connectivity index (χ3v) is 8.04. The molecule has 0 aliphatic rings. The lowest BCUT2D eigenvalue weighted by atomic mass is 10.1. The van der Waals surface area contributed by atoms with Crippen molar-refractivity contribution in [2.24, 2.45) is 0 Å². The first kappa shape index (κ1) is 23.9. The number of thiazole rings is 1. The highest BCUT2D eigenvalue weighted by Crippen LogP contribution is 2.33. The van der Waals surface area contributed by atoms with E-state index in [0.29, 0.717) is 16.1 Å². The Morgan fingerprint density at radius 2 is 1.85 bits per heavy atom. The molecule has 0 aliphatic heterocycles. The number of amides is 1. The molecule has 3 aromatic heterocycles. The summed E-state index contributed by atoms with van der Waals surface area (Å²) >= 11 is 10.5. The second-order valence-corrected chi connectivity index (χ2v) is 11.2. The van der Waals surface area contributed by atoms with E-state index in [1.807, 2.05) is 29.6 Å². The summed E-state index contributed by atoms with van der Waals surface area (Å²) in [6, 6.07) is 9.82. The van der Waals surface area contributed by atoms with Crippen LogP contribution < -0.4 is 5.32 Å². The summed E-state index contributed by atoms with van der Waals surface area (Å²) in [5.74, 6) is 1.41. The molecule has 0 saturated heterocycles. The zero-order valence-electron chi connectivity index (χ0n) is 18.7. The van der Waals surface area contributed by atoms with Crippen LogP contribution in [0.3, 0.4) is 0 Å². The maximum Gasteiger partial charge on any atom is 0.236 e. The number of rotatable bonds is 8. The van der Waals surface area contributed by atoms with Gasteiger partial charge in [0.15, 0.2) is 16.1 Å². The van der Waals surface area contributed by atoms with Gasteiger partial charge in [-0.3, -0.25) is 9.36 Å². The minimum Gasteiger partial charge on any atom is -0.301 e. The molecule has 1 amide bonds. The van der Waals surface area contributed by atoms with Crippen LogP contribution in [0.25, 0.3) is 22.6 Å². The molecular weight excluding hydrogens is 494 g/mol. The van der Waals surface area contributed by atoms with E-state index in [2.05, 4.69) is 64.2 Å². The van der Waals surface area contributed by atoms with Crippen LogP contribution in [0.5, 0.6) is 0 Å². The van der Waals surface area contributed by atoms with E-state index in [1.165, 1.54) is 28.0 Å². The van der Waals surface area contributed by atoms with E-state index in [-0.39, 0.29) is 17.7 Å². The Kier molecular flexibility index (Phi) is 7.53. The van der Waals surface area contributed by atoms with Crippen LogP contribution in [0.15, 0.2) is 46.2 Å². The number of carbonyl (C=O) groups excluding carboxylic acids is 1. The van der Waals surface area contributed by atoms with Crippen LogP contribution in [0, 0.1) is 0 Å². The van der Waals surface area contributed by atoms with Gasteiger partial charge in [0, 0.05) is 37.8 Å². The molecule has 1 aromatic carbocycles. The van der Waals surface area contributed by atoms with Crippen LogP contribution in [-0.2, 0) is 4.79 Å². The van der Waals surface area contributed by atoms with Crippen LogP contribution in [0.4, 0.5) is 5.13 Å². The molecule has 172 valence electrons. The van der Waals surface area contributed by atoms with Crippen LogP contribution in [0.2, 0.25) is 5.02 Å². The number of anilines is 1. The second kappa shape index (κ2) is 10.4. The highest BCUT2D eigenvalue weighted by molar-refractivity contribution is 7.99. The topological polar surface area (TPSA) is 72.7 Å². The van der Waals surface area contributed by atoms with Crippen molar-refractivity contribution in [2.75, 3.05) is 11.1 Å². The predicted molar refractivity (Wildman–Crippen MR) is 140 cm³/mol. The predicted octanol–water partition coefficient (Wildman–Crippen LogP) is 7.22. The number of thiophene rings is 1. The zero-order chi connectivity index (χ0) is 23.5. The van der Waals surface area contributed by atoms with Crippen molar-refractivity contribution in [2.45, 2.75) is 44.8 Å². The van der Waals surface area contributed by atoms with Gasteiger partial charge in [-0.2, -0.15) is 0 Å². The lowest BCUT2D eigenvalue weighted by Gasteiger charge is -2.13. The van der Waals surface area contributed by atoms with Crippen molar-refractivity contribution in [3.63, 3.8) is 0 Å². The number of halogens is 1. The van der Waals surface area contributed by atoms with Gasteiger partial charge in [0.25, 0.3) is 0 Å². The average molecular weight is 518 g/mol. The van der Waals surface area contributed by atoms with Gasteiger partial charge in [0.05, 0.1) is 11.4 Å². The first-order valence-electron chi connectivity index (χ1n) is 10.5. The summed E-state index contributed by atoms with van der Waals surface area (Å²) < 4.78 is 2.09. The molecular formula is C23H24ClN5OS3. The Hall–Kier alpha value is -2.20. The van der Waals surface area contributed by atoms with Gasteiger partial charge in [0.1, 0.15) is 0 Å². The number of carbonyl (C=O) groups is 1. The monoisotopic (exact) mass is 517 g/mol. The molecule has 4 aromatic rings. The zero-order valence-corrected chi connectivity index (χ0v) is 21.9. The van der Waals surface area contributed by atoms with E-state index < -0.39 is 0 Å². The Balaban J connectivity index is 1.42. The smallest absolute Gasteiger partial charge is 0.236 e. The van der Waals surface area contributed by atoms with E-state index in [1.54, 1.807) is 11.3 Å². The van der Waals surface area contributed by atoms with E-state index in [4.69, 9.17) is 11.6 Å². The summed E-state index contributed by atoms with van der Waals surface area (Å²) in [5.41, 5.74) is 2.83. The molecule has 4 rings (SSSR count). The lowest BCUT2D eigenvalue weighted by Crippen LogP contribution is -2.15. The Morgan fingerprint density at radius 1 is 1.09 bits per heavy atom. The van der Waals surface area contributed by atoms with Crippen molar-refractivity contribution >= 4 is 57.1 Å². The quantitative estimate of drug-likeness (QED) is 0.250. The third kappa shape index (κ3) is 5.66. The van der Waals surface area contributed by atoms with E-state index in [0.717, 1.165) is 27.8 Å². The molecule has 0 radical (unpaired) electrons. The highest BCUT2D eigenvalue weighted by Gasteiger charge is 2.19. The summed E-state index contributed by atoms with van der Waals surface area (Å²) in [4.78, 5) is 18.4. The fourth-order valence-corrected chi connectivity index (χ4v) is 5.81. The van der Waals surface area contributed by atoms with Gasteiger partial charge in [0.2, 0.25) is 5.91 Å². The molecule has 0 atom stereocenters. The van der Waals surface area contributed by atoms with E-state index >= 15 is 0 Å².